The summed E-state index contributed by atoms with van der Waals surface area (Å²) in [4.78, 5) is 17.9. The lowest BCUT2D eigenvalue weighted by molar-refractivity contribution is 0.0737. The van der Waals surface area contributed by atoms with Crippen molar-refractivity contribution < 1.29 is 9.53 Å². The molecule has 0 N–H and O–H groups in total. The van der Waals surface area contributed by atoms with Crippen LogP contribution in [0.15, 0.2) is 72.9 Å². The van der Waals surface area contributed by atoms with Gasteiger partial charge in [-0.1, -0.05) is 35.9 Å². The number of amides is 1. The van der Waals surface area contributed by atoms with E-state index < -0.39 is 0 Å². The summed E-state index contributed by atoms with van der Waals surface area (Å²) in [6, 6.07) is 21.3. The smallest absolute Gasteiger partial charge is 0.272 e. The third-order valence-electron chi connectivity index (χ3n) is 6.29. The van der Waals surface area contributed by atoms with Crippen molar-refractivity contribution in [2.24, 2.45) is 7.05 Å². The second-order valence-electron chi connectivity index (χ2n) is 8.46. The molecule has 1 fully saturated rings. The largest absolute Gasteiger partial charge is 0.492 e. The molecule has 0 aliphatic carbocycles. The number of aryl methyl sites for hydroxylation is 1. The van der Waals surface area contributed by atoms with Crippen molar-refractivity contribution >= 4 is 23.2 Å². The Labute approximate surface area is 210 Å². The Balaban J connectivity index is 1.42. The monoisotopic (exact) mass is 489 g/mol. The zero-order valence-electron chi connectivity index (χ0n) is 19.9. The van der Waals surface area contributed by atoms with E-state index in [1.54, 1.807) is 4.68 Å². The van der Waals surface area contributed by atoms with Crippen molar-refractivity contribution in [3.63, 3.8) is 0 Å². The van der Waals surface area contributed by atoms with Gasteiger partial charge in [0.1, 0.15) is 17.1 Å². The summed E-state index contributed by atoms with van der Waals surface area (Å²) in [5.74, 6) is 0.814. The minimum absolute atomic E-state index is 0.0596. The molecule has 1 saturated heterocycles. The van der Waals surface area contributed by atoms with Crippen LogP contribution in [0.3, 0.4) is 0 Å². The van der Waals surface area contributed by atoms with Gasteiger partial charge in [-0.3, -0.25) is 4.79 Å². The quantitative estimate of drug-likeness (QED) is 0.387. The summed E-state index contributed by atoms with van der Waals surface area (Å²) < 4.78 is 9.47. The Morgan fingerprint density at radius 3 is 2.37 bits per heavy atom. The van der Waals surface area contributed by atoms with Gasteiger partial charge >= 0.3 is 0 Å². The first-order valence-corrected chi connectivity index (χ1v) is 12.2. The number of benzene rings is 2. The molecule has 180 valence electrons. The van der Waals surface area contributed by atoms with E-state index in [1.165, 1.54) is 0 Å². The summed E-state index contributed by atoms with van der Waals surface area (Å²) in [7, 11) is 1.96. The highest BCUT2D eigenvalue weighted by Gasteiger charge is 2.28. The zero-order chi connectivity index (χ0) is 24.4. The number of rotatable bonds is 6. The Morgan fingerprint density at radius 1 is 0.971 bits per heavy atom. The molecular weight excluding hydrogens is 462 g/mol. The topological polar surface area (TPSA) is 55.5 Å². The first kappa shape index (κ1) is 23.1. The van der Waals surface area contributed by atoms with Crippen LogP contribution in [-0.2, 0) is 7.05 Å². The predicted molar refractivity (Wildman–Crippen MR) is 139 cm³/mol. The number of piperazine rings is 1. The number of nitrogens with zero attached hydrogens (tertiary/aromatic N) is 5. The minimum Gasteiger partial charge on any atom is -0.492 e. The average molecular weight is 490 g/mol. The number of hydrogen-bond donors (Lipinski definition) is 0. The molecule has 7 nitrogen and oxygen atoms in total. The van der Waals surface area contributed by atoms with Crippen molar-refractivity contribution in [3.05, 3.63) is 83.6 Å². The standard InChI is InChI=1S/C27H28ClN5O2/c1-3-35-26-13-7-6-11-24(26)31-15-17-32(18-16-31)27(34)25-19-21(23-12-8-14-30(23)2)29-33(25)22-10-5-4-9-20(22)28/h4-14,19H,3,15-18H2,1-2H3. The zero-order valence-corrected chi connectivity index (χ0v) is 20.7. The van der Waals surface area contributed by atoms with Gasteiger partial charge in [0.05, 0.1) is 28.7 Å². The summed E-state index contributed by atoms with van der Waals surface area (Å²) >= 11 is 6.50. The van der Waals surface area contributed by atoms with Crippen molar-refractivity contribution in [3.8, 4) is 22.8 Å². The Hall–Kier alpha value is -3.71. The lowest BCUT2D eigenvalue weighted by Crippen LogP contribution is -2.49. The van der Waals surface area contributed by atoms with Crippen LogP contribution in [0, 0.1) is 0 Å². The highest BCUT2D eigenvalue weighted by molar-refractivity contribution is 6.32. The highest BCUT2D eigenvalue weighted by atomic mass is 35.5. The maximum absolute atomic E-state index is 13.8. The molecule has 5 rings (SSSR count). The van der Waals surface area contributed by atoms with Crippen LogP contribution < -0.4 is 9.64 Å². The maximum atomic E-state index is 13.8. The van der Waals surface area contributed by atoms with Gasteiger partial charge in [0.15, 0.2) is 0 Å². The van der Waals surface area contributed by atoms with Crippen LogP contribution >= 0.6 is 11.6 Å². The molecule has 35 heavy (non-hydrogen) atoms. The van der Waals surface area contributed by atoms with Crippen molar-refractivity contribution in [2.75, 3.05) is 37.7 Å². The van der Waals surface area contributed by atoms with E-state index in [0.29, 0.717) is 36.1 Å². The van der Waals surface area contributed by atoms with Gasteiger partial charge < -0.3 is 19.1 Å². The first-order chi connectivity index (χ1) is 17.1. The second kappa shape index (κ2) is 9.88. The molecule has 0 bridgehead atoms. The minimum atomic E-state index is -0.0596. The molecule has 0 atom stereocenters. The summed E-state index contributed by atoms with van der Waals surface area (Å²) in [6.07, 6.45) is 1.96. The molecule has 3 heterocycles. The average Bonchev–Trinajstić information content (AvgIpc) is 3.51. The molecule has 2 aromatic carbocycles. The van der Waals surface area contributed by atoms with Gasteiger partial charge in [0.2, 0.25) is 0 Å². The Bertz CT molecular complexity index is 1340. The lowest BCUT2D eigenvalue weighted by Gasteiger charge is -2.36. The fourth-order valence-electron chi connectivity index (χ4n) is 4.50. The van der Waals surface area contributed by atoms with E-state index in [1.807, 2.05) is 90.3 Å². The second-order valence-corrected chi connectivity index (χ2v) is 8.87. The third-order valence-corrected chi connectivity index (χ3v) is 6.61. The molecule has 4 aromatic rings. The van der Waals surface area contributed by atoms with Crippen LogP contribution in [0.5, 0.6) is 5.75 Å². The van der Waals surface area contributed by atoms with Crippen molar-refractivity contribution in [1.82, 2.24) is 19.2 Å². The highest BCUT2D eigenvalue weighted by Crippen LogP contribution is 2.30. The van der Waals surface area contributed by atoms with Crippen LogP contribution in [0.25, 0.3) is 17.1 Å². The number of aromatic nitrogens is 3. The molecule has 8 heteroatoms. The lowest BCUT2D eigenvalue weighted by atomic mass is 10.2. The Morgan fingerprint density at radius 2 is 1.69 bits per heavy atom. The number of carbonyl (C=O) groups is 1. The summed E-state index contributed by atoms with van der Waals surface area (Å²) in [5, 5.41) is 5.33. The molecule has 0 radical (unpaired) electrons. The number of halogens is 1. The molecule has 1 aliphatic heterocycles. The normalized spacial score (nSPS) is 13.8. The molecule has 0 spiro atoms. The molecule has 0 unspecified atom stereocenters. The van der Waals surface area contributed by atoms with Crippen molar-refractivity contribution in [1.29, 1.82) is 0 Å². The number of para-hydroxylation sites is 3. The van der Waals surface area contributed by atoms with Crippen LogP contribution in [0.1, 0.15) is 17.4 Å². The van der Waals surface area contributed by atoms with Gasteiger partial charge in [0.25, 0.3) is 5.91 Å². The van der Waals surface area contributed by atoms with E-state index in [2.05, 4.69) is 11.0 Å². The van der Waals surface area contributed by atoms with E-state index in [9.17, 15) is 4.79 Å². The molecule has 1 aliphatic rings. The number of carbonyl (C=O) groups excluding carboxylic acids is 1. The SMILES string of the molecule is CCOc1ccccc1N1CCN(C(=O)c2cc(-c3cccn3C)nn2-c2ccccc2Cl)CC1. The predicted octanol–water partition coefficient (Wildman–Crippen LogP) is 4.89. The fourth-order valence-corrected chi connectivity index (χ4v) is 4.72. The fraction of sp³-hybridized carbons (Fsp3) is 0.259. The van der Waals surface area contributed by atoms with Crippen molar-refractivity contribution in [2.45, 2.75) is 6.92 Å². The van der Waals surface area contributed by atoms with Gasteiger partial charge in [-0.05, 0) is 49.4 Å². The number of ether oxygens (including phenoxy) is 1. The number of anilines is 1. The molecule has 2 aromatic heterocycles. The number of hydrogen-bond acceptors (Lipinski definition) is 4. The van der Waals surface area contributed by atoms with Crippen LogP contribution in [-0.4, -0.2) is 57.9 Å². The molecule has 1 amide bonds. The maximum Gasteiger partial charge on any atom is 0.272 e. The summed E-state index contributed by atoms with van der Waals surface area (Å²) in [5.41, 5.74) is 3.90. The first-order valence-electron chi connectivity index (χ1n) is 11.8. The van der Waals surface area contributed by atoms with Gasteiger partial charge in [-0.2, -0.15) is 5.10 Å². The van der Waals surface area contributed by atoms with E-state index in [4.69, 9.17) is 21.4 Å². The summed E-state index contributed by atoms with van der Waals surface area (Å²) in [6.45, 7) is 5.25. The molecule has 0 saturated carbocycles. The molecular formula is C27H28ClN5O2. The third kappa shape index (κ3) is 4.51. The van der Waals surface area contributed by atoms with E-state index >= 15 is 0 Å². The Kier molecular flexibility index (Phi) is 6.51. The van der Waals surface area contributed by atoms with E-state index in [0.717, 1.165) is 35.9 Å². The van der Waals surface area contributed by atoms with E-state index in [-0.39, 0.29) is 5.91 Å². The van der Waals surface area contributed by atoms with Gasteiger partial charge in [0, 0.05) is 39.4 Å². The van der Waals surface area contributed by atoms with Gasteiger partial charge in [-0.25, -0.2) is 4.68 Å². The van der Waals surface area contributed by atoms with Gasteiger partial charge in [-0.15, -0.1) is 0 Å². The van der Waals surface area contributed by atoms with Crippen LogP contribution in [0.2, 0.25) is 5.02 Å². The van der Waals surface area contributed by atoms with Crippen LogP contribution in [0.4, 0.5) is 5.69 Å².